The van der Waals surface area contributed by atoms with Gasteiger partial charge in [0, 0.05) is 51.5 Å². The number of nitrogens with one attached hydrogen (secondary N) is 2. The van der Waals surface area contributed by atoms with Crippen molar-refractivity contribution in [3.8, 4) is 0 Å². The number of hydrogen-bond acceptors (Lipinski definition) is 10. The highest BCUT2D eigenvalue weighted by Gasteiger charge is 2.40. The summed E-state index contributed by atoms with van der Waals surface area (Å²) in [5.74, 6) is -1.26. The van der Waals surface area contributed by atoms with Crippen LogP contribution in [0.2, 0.25) is 0 Å². The van der Waals surface area contributed by atoms with Crippen LogP contribution >= 0.6 is 11.6 Å². The number of carbonyl (C=O) groups excluding carboxylic acids is 1. The molecule has 11 nitrogen and oxygen atoms in total. The molecule has 4 rings (SSSR count). The van der Waals surface area contributed by atoms with E-state index in [0.717, 1.165) is 57.9 Å². The molecule has 0 spiro atoms. The summed E-state index contributed by atoms with van der Waals surface area (Å²) >= 11 is 6.23. The van der Waals surface area contributed by atoms with E-state index < -0.39 is 18.2 Å². The van der Waals surface area contributed by atoms with Crippen LogP contribution in [0.25, 0.3) is 0 Å². The van der Waals surface area contributed by atoms with Gasteiger partial charge in [0.2, 0.25) is 5.91 Å². The van der Waals surface area contributed by atoms with Crippen molar-refractivity contribution in [2.45, 2.75) is 36.6 Å². The number of nitrogens with zero attached hydrogens (tertiary/aromatic N) is 5. The monoisotopic (exact) mass is 494 g/mol. The lowest BCUT2D eigenvalue weighted by molar-refractivity contribution is -0.123. The summed E-state index contributed by atoms with van der Waals surface area (Å²) in [6.45, 7) is 6.44. The first kappa shape index (κ1) is 25.2. The molecule has 0 bridgehead atoms. The number of aromatic nitrogens is 1. The number of carbonyl (C=O) groups is 1. The zero-order valence-electron chi connectivity index (χ0n) is 19.6. The Morgan fingerprint density at radius 1 is 1.32 bits per heavy atom. The second-order valence-electron chi connectivity index (χ2n) is 9.26. The first-order valence-electron chi connectivity index (χ1n) is 11.9. The fourth-order valence-corrected chi connectivity index (χ4v) is 5.54. The van der Waals surface area contributed by atoms with E-state index in [-0.39, 0.29) is 11.3 Å². The fraction of sp³-hybridized carbons (Fsp3) is 0.727. The maximum atomic E-state index is 13.4. The number of piperidine rings is 1. The highest BCUT2D eigenvalue weighted by atomic mass is 35.5. The average Bonchev–Trinajstić information content (AvgIpc) is 2.86. The highest BCUT2D eigenvalue weighted by molar-refractivity contribution is 6.21. The van der Waals surface area contributed by atoms with E-state index in [1.54, 1.807) is 12.4 Å². The smallest absolute Gasteiger partial charge is 0.234 e. The van der Waals surface area contributed by atoms with Crippen molar-refractivity contribution in [3.05, 3.63) is 23.4 Å². The van der Waals surface area contributed by atoms with Gasteiger partial charge in [-0.15, -0.1) is 16.5 Å². The van der Waals surface area contributed by atoms with Crippen molar-refractivity contribution in [2.75, 3.05) is 69.7 Å². The number of ether oxygens (including phenoxy) is 1. The minimum Gasteiger partial charge on any atom is -0.379 e. The van der Waals surface area contributed by atoms with Gasteiger partial charge in [-0.25, -0.2) is 0 Å². The molecule has 0 aliphatic carbocycles. The van der Waals surface area contributed by atoms with E-state index in [2.05, 4.69) is 30.6 Å². The van der Waals surface area contributed by atoms with E-state index >= 15 is 0 Å². The average molecular weight is 495 g/mol. The number of amides is 1. The van der Waals surface area contributed by atoms with Crippen LogP contribution in [-0.2, 0) is 9.53 Å². The first-order valence-corrected chi connectivity index (χ1v) is 12.4. The number of alkyl halides is 1. The first-order chi connectivity index (χ1) is 16.5. The normalized spacial score (nSPS) is 27.2. The third-order valence-electron chi connectivity index (χ3n) is 7.07. The SMILES string of the molecule is CN1CC(Cl)CNC1C(C(=O)Nc1cnccc1N1CCC(N2CCOCC2)CC1)C(N)N=O. The van der Waals surface area contributed by atoms with Crippen molar-refractivity contribution >= 4 is 28.9 Å². The number of nitrogens with two attached hydrogens (primary N) is 1. The molecule has 3 fully saturated rings. The van der Waals surface area contributed by atoms with E-state index in [4.69, 9.17) is 22.1 Å². The number of pyridine rings is 1. The number of halogens is 1. The lowest BCUT2D eigenvalue weighted by Gasteiger charge is -2.41. The fourth-order valence-electron chi connectivity index (χ4n) is 5.24. The summed E-state index contributed by atoms with van der Waals surface area (Å²) in [6.07, 6.45) is 3.82. The van der Waals surface area contributed by atoms with Gasteiger partial charge in [-0.05, 0) is 26.0 Å². The Morgan fingerprint density at radius 3 is 2.74 bits per heavy atom. The quantitative estimate of drug-likeness (QED) is 0.365. The van der Waals surface area contributed by atoms with Gasteiger partial charge >= 0.3 is 0 Å². The van der Waals surface area contributed by atoms with Crippen LogP contribution in [0.1, 0.15) is 12.8 Å². The number of anilines is 2. The van der Waals surface area contributed by atoms with Gasteiger partial charge < -0.3 is 20.7 Å². The molecule has 4 unspecified atom stereocenters. The van der Waals surface area contributed by atoms with Crippen molar-refractivity contribution in [1.29, 1.82) is 0 Å². The van der Waals surface area contributed by atoms with Crippen molar-refractivity contribution in [2.24, 2.45) is 16.8 Å². The molecule has 4 atom stereocenters. The largest absolute Gasteiger partial charge is 0.379 e. The zero-order chi connectivity index (χ0) is 24.1. The molecule has 1 aromatic heterocycles. The van der Waals surface area contributed by atoms with Crippen LogP contribution in [-0.4, -0.2) is 104 Å². The van der Waals surface area contributed by atoms with Gasteiger partial charge in [-0.3, -0.25) is 24.9 Å². The summed E-state index contributed by atoms with van der Waals surface area (Å²) in [5.41, 5.74) is 7.51. The van der Waals surface area contributed by atoms with Gasteiger partial charge in [-0.2, -0.15) is 0 Å². The Labute approximate surface area is 205 Å². The third-order valence-corrected chi connectivity index (χ3v) is 7.36. The third kappa shape index (κ3) is 5.84. The van der Waals surface area contributed by atoms with Crippen molar-refractivity contribution in [3.63, 3.8) is 0 Å². The molecule has 1 aromatic rings. The summed E-state index contributed by atoms with van der Waals surface area (Å²) in [4.78, 5) is 35.6. The van der Waals surface area contributed by atoms with Crippen LogP contribution in [0.5, 0.6) is 0 Å². The lowest BCUT2D eigenvalue weighted by atomic mass is 9.98. The van der Waals surface area contributed by atoms with E-state index in [1.807, 2.05) is 18.0 Å². The molecule has 0 aromatic carbocycles. The minimum absolute atomic E-state index is 0.0873. The summed E-state index contributed by atoms with van der Waals surface area (Å²) in [5, 5.41) is 9.09. The summed E-state index contributed by atoms with van der Waals surface area (Å²) in [7, 11) is 1.85. The van der Waals surface area contributed by atoms with Crippen molar-refractivity contribution < 1.29 is 9.53 Å². The van der Waals surface area contributed by atoms with Crippen LogP contribution in [0.4, 0.5) is 11.4 Å². The number of rotatable bonds is 7. The molecule has 1 amide bonds. The molecule has 3 aliphatic heterocycles. The number of morpholine rings is 1. The number of nitroso groups, excluding NO2 is 1. The molecule has 12 heteroatoms. The second-order valence-corrected chi connectivity index (χ2v) is 9.88. The van der Waals surface area contributed by atoms with Gasteiger partial charge in [-0.1, -0.05) is 5.18 Å². The standard InChI is InChI=1S/C22H35ClN8O3/c1-29-14-15(23)12-26-21(29)19(20(24)28-33)22(32)27-17-13-25-5-2-18(17)31-6-3-16(4-7-31)30-8-10-34-11-9-30/h2,5,13,15-16,19-21,26H,3-4,6-12,14,24H2,1H3,(H,27,32). The molecular weight excluding hydrogens is 460 g/mol. The Kier molecular flexibility index (Phi) is 8.67. The maximum absolute atomic E-state index is 13.4. The van der Waals surface area contributed by atoms with Crippen LogP contribution in [0.15, 0.2) is 23.6 Å². The van der Waals surface area contributed by atoms with Crippen LogP contribution in [0, 0.1) is 10.8 Å². The van der Waals surface area contributed by atoms with E-state index in [1.165, 1.54) is 0 Å². The van der Waals surface area contributed by atoms with Gasteiger partial charge in [0.25, 0.3) is 0 Å². The predicted octanol–water partition coefficient (Wildman–Crippen LogP) is 0.457. The molecule has 0 radical (unpaired) electrons. The highest BCUT2D eigenvalue weighted by Crippen LogP contribution is 2.30. The van der Waals surface area contributed by atoms with E-state index in [0.29, 0.717) is 24.8 Å². The molecule has 34 heavy (non-hydrogen) atoms. The molecule has 3 saturated heterocycles. The molecule has 3 aliphatic rings. The molecule has 4 N–H and O–H groups in total. The van der Waals surface area contributed by atoms with Gasteiger partial charge in [0.1, 0.15) is 5.92 Å². The predicted molar refractivity (Wildman–Crippen MR) is 132 cm³/mol. The van der Waals surface area contributed by atoms with Crippen molar-refractivity contribution in [1.82, 2.24) is 20.1 Å². The Morgan fingerprint density at radius 2 is 2.06 bits per heavy atom. The topological polar surface area (TPSA) is 128 Å². The Bertz CT molecular complexity index is 834. The molecular formula is C22H35ClN8O3. The Hall–Kier alpha value is -1.89. The lowest BCUT2D eigenvalue weighted by Crippen LogP contribution is -2.62. The summed E-state index contributed by atoms with van der Waals surface area (Å²) in [6, 6.07) is 2.47. The van der Waals surface area contributed by atoms with E-state index in [9.17, 15) is 9.70 Å². The summed E-state index contributed by atoms with van der Waals surface area (Å²) < 4.78 is 5.49. The minimum atomic E-state index is -1.20. The van der Waals surface area contributed by atoms with Gasteiger partial charge in [0.15, 0.2) is 6.17 Å². The maximum Gasteiger partial charge on any atom is 0.234 e. The van der Waals surface area contributed by atoms with Gasteiger partial charge in [0.05, 0.1) is 42.3 Å². The van der Waals surface area contributed by atoms with Crippen LogP contribution < -0.4 is 21.3 Å². The molecule has 4 heterocycles. The second kappa shape index (κ2) is 11.7. The number of hydrogen-bond donors (Lipinski definition) is 3. The Balaban J connectivity index is 1.44. The molecule has 0 saturated carbocycles. The molecule has 188 valence electrons. The zero-order valence-corrected chi connectivity index (χ0v) is 20.4. The van der Waals surface area contributed by atoms with Crippen LogP contribution in [0.3, 0.4) is 0 Å².